The third-order valence-electron chi connectivity index (χ3n) is 7.75. The van der Waals surface area contributed by atoms with E-state index in [1.807, 2.05) is 0 Å². The van der Waals surface area contributed by atoms with Crippen molar-refractivity contribution in [1.82, 2.24) is 4.57 Å². The van der Waals surface area contributed by atoms with Crippen LogP contribution < -0.4 is 4.57 Å². The van der Waals surface area contributed by atoms with Crippen LogP contribution in [0.4, 0.5) is 0 Å². The molecule has 1 heterocycles. The average molecular weight is 488 g/mol. The van der Waals surface area contributed by atoms with Gasteiger partial charge in [0.2, 0.25) is 0 Å². The molecule has 0 amide bonds. The van der Waals surface area contributed by atoms with Crippen molar-refractivity contribution in [2.24, 2.45) is 0 Å². The first-order valence-corrected chi connectivity index (χ1v) is 15.0. The minimum absolute atomic E-state index is 0.546. The Morgan fingerprint density at radius 2 is 1.28 bits per heavy atom. The predicted molar refractivity (Wildman–Crippen MR) is 154 cm³/mol. The molecule has 36 heavy (non-hydrogen) atoms. The fourth-order valence-electron chi connectivity index (χ4n) is 5.54. The second-order valence-electron chi connectivity index (χ2n) is 10.6. The standard InChI is InChI=1S/C34H51N2/c1-3-5-6-7-8-9-10-11-12-13-20-27-36-29-28-35(4-2)34(36)26-25-33(32-23-18-15-19-24-32)30-31-21-16-14-17-22-31/h14-19,21-24,28-29,33H,3-13,20,25-27,30H2,1-2H3/q+1/t33-/m0/s1. The Balaban J connectivity index is 1.47. The summed E-state index contributed by atoms with van der Waals surface area (Å²) in [5, 5.41) is 0. The third-order valence-corrected chi connectivity index (χ3v) is 7.75. The number of rotatable bonds is 19. The number of aromatic nitrogens is 2. The monoisotopic (exact) mass is 487 g/mol. The number of benzene rings is 2. The summed E-state index contributed by atoms with van der Waals surface area (Å²) in [5.41, 5.74) is 2.90. The van der Waals surface area contributed by atoms with Crippen LogP contribution in [0, 0.1) is 0 Å². The van der Waals surface area contributed by atoms with E-state index in [1.54, 1.807) is 0 Å². The minimum Gasteiger partial charge on any atom is -0.235 e. The summed E-state index contributed by atoms with van der Waals surface area (Å²) in [5.74, 6) is 2.04. The highest BCUT2D eigenvalue weighted by Crippen LogP contribution is 2.26. The van der Waals surface area contributed by atoms with Crippen LogP contribution in [-0.4, -0.2) is 4.57 Å². The molecule has 2 nitrogen and oxygen atoms in total. The molecule has 0 aliphatic carbocycles. The smallest absolute Gasteiger partial charge is 0.235 e. The molecule has 0 aliphatic heterocycles. The quantitative estimate of drug-likeness (QED) is 0.118. The van der Waals surface area contributed by atoms with Crippen LogP contribution in [0.3, 0.4) is 0 Å². The maximum Gasteiger partial charge on any atom is 0.256 e. The first-order chi connectivity index (χ1) is 17.8. The number of unbranched alkanes of at least 4 members (excludes halogenated alkanes) is 10. The van der Waals surface area contributed by atoms with Crippen LogP contribution in [0.2, 0.25) is 0 Å². The lowest BCUT2D eigenvalue weighted by molar-refractivity contribution is -0.704. The van der Waals surface area contributed by atoms with Gasteiger partial charge in [-0.3, -0.25) is 0 Å². The van der Waals surface area contributed by atoms with Gasteiger partial charge < -0.3 is 0 Å². The molecule has 0 aliphatic rings. The molecule has 0 saturated carbocycles. The summed E-state index contributed by atoms with van der Waals surface area (Å²) in [6, 6.07) is 22.1. The maximum absolute atomic E-state index is 2.54. The van der Waals surface area contributed by atoms with E-state index in [4.69, 9.17) is 0 Å². The Bertz CT molecular complexity index is 928. The van der Waals surface area contributed by atoms with Gasteiger partial charge in [0.1, 0.15) is 12.4 Å². The second-order valence-corrected chi connectivity index (χ2v) is 10.6. The molecular formula is C34H51N2+. The zero-order chi connectivity index (χ0) is 25.3. The van der Waals surface area contributed by atoms with Gasteiger partial charge in [0, 0.05) is 6.42 Å². The van der Waals surface area contributed by atoms with Crippen molar-refractivity contribution in [2.75, 3.05) is 0 Å². The van der Waals surface area contributed by atoms with Gasteiger partial charge in [-0.25, -0.2) is 9.13 Å². The van der Waals surface area contributed by atoms with Crippen molar-refractivity contribution in [2.45, 2.75) is 123 Å². The van der Waals surface area contributed by atoms with E-state index < -0.39 is 0 Å². The van der Waals surface area contributed by atoms with Gasteiger partial charge in [0.15, 0.2) is 0 Å². The lowest BCUT2D eigenvalue weighted by Crippen LogP contribution is -2.37. The van der Waals surface area contributed by atoms with Crippen molar-refractivity contribution in [3.8, 4) is 0 Å². The summed E-state index contributed by atoms with van der Waals surface area (Å²) >= 11 is 0. The molecule has 1 aromatic heterocycles. The minimum atomic E-state index is 0.546. The number of aryl methyl sites for hydroxylation is 2. The molecule has 0 unspecified atom stereocenters. The lowest BCUT2D eigenvalue weighted by atomic mass is 9.88. The van der Waals surface area contributed by atoms with E-state index in [0.717, 1.165) is 25.9 Å². The Morgan fingerprint density at radius 1 is 0.694 bits per heavy atom. The SMILES string of the molecule is CCCCCCCCCCCCC[n+]1ccn(CC)c1CC[C@@H](Cc1ccccc1)c1ccccc1. The van der Waals surface area contributed by atoms with Gasteiger partial charge in [0.05, 0.1) is 13.1 Å². The summed E-state index contributed by atoms with van der Waals surface area (Å²) in [6.07, 6.45) is 23.5. The molecule has 0 fully saturated rings. The zero-order valence-electron chi connectivity index (χ0n) is 23.2. The highest BCUT2D eigenvalue weighted by Gasteiger charge is 2.20. The molecule has 0 spiro atoms. The Kier molecular flexibility index (Phi) is 13.5. The van der Waals surface area contributed by atoms with E-state index in [0.29, 0.717) is 5.92 Å². The summed E-state index contributed by atoms with van der Waals surface area (Å²) in [4.78, 5) is 0. The molecule has 0 saturated heterocycles. The Morgan fingerprint density at radius 3 is 1.89 bits per heavy atom. The molecule has 2 aromatic carbocycles. The van der Waals surface area contributed by atoms with E-state index in [1.165, 1.54) is 94.0 Å². The van der Waals surface area contributed by atoms with Crippen LogP contribution in [0.15, 0.2) is 73.1 Å². The summed E-state index contributed by atoms with van der Waals surface area (Å²) in [6.45, 7) is 6.78. The molecule has 3 aromatic rings. The van der Waals surface area contributed by atoms with E-state index >= 15 is 0 Å². The van der Waals surface area contributed by atoms with Gasteiger partial charge in [-0.2, -0.15) is 0 Å². The molecule has 0 N–H and O–H groups in total. The van der Waals surface area contributed by atoms with Gasteiger partial charge in [-0.05, 0) is 49.7 Å². The van der Waals surface area contributed by atoms with Crippen LogP contribution >= 0.6 is 0 Å². The average Bonchev–Trinajstić information content (AvgIpc) is 3.32. The van der Waals surface area contributed by atoms with Gasteiger partial charge in [-0.15, -0.1) is 0 Å². The second kappa shape index (κ2) is 17.2. The molecule has 0 radical (unpaired) electrons. The molecule has 196 valence electrons. The first-order valence-electron chi connectivity index (χ1n) is 15.0. The van der Waals surface area contributed by atoms with Crippen molar-refractivity contribution >= 4 is 0 Å². The molecule has 1 atom stereocenters. The predicted octanol–water partition coefficient (Wildman–Crippen LogP) is 9.07. The van der Waals surface area contributed by atoms with E-state index in [2.05, 4.69) is 96.0 Å². The van der Waals surface area contributed by atoms with Gasteiger partial charge in [0.25, 0.3) is 5.82 Å². The highest BCUT2D eigenvalue weighted by atomic mass is 15.1. The van der Waals surface area contributed by atoms with E-state index in [-0.39, 0.29) is 0 Å². The maximum atomic E-state index is 2.54. The number of nitrogens with zero attached hydrogens (tertiary/aromatic N) is 2. The van der Waals surface area contributed by atoms with Crippen molar-refractivity contribution in [1.29, 1.82) is 0 Å². The first kappa shape index (κ1) is 28.2. The molecule has 3 rings (SSSR count). The van der Waals surface area contributed by atoms with Crippen molar-refractivity contribution < 1.29 is 4.57 Å². The zero-order valence-corrected chi connectivity index (χ0v) is 23.2. The largest absolute Gasteiger partial charge is 0.256 e. The Hall–Kier alpha value is -2.35. The number of hydrogen-bond donors (Lipinski definition) is 0. The summed E-state index contributed by atoms with van der Waals surface area (Å²) in [7, 11) is 0. The van der Waals surface area contributed by atoms with Crippen molar-refractivity contribution in [3.63, 3.8) is 0 Å². The fraction of sp³-hybridized carbons (Fsp3) is 0.559. The highest BCUT2D eigenvalue weighted by molar-refractivity contribution is 5.24. The lowest BCUT2D eigenvalue weighted by Gasteiger charge is -2.17. The van der Waals surface area contributed by atoms with Gasteiger partial charge >= 0.3 is 0 Å². The Labute approximate surface area is 221 Å². The van der Waals surface area contributed by atoms with Crippen molar-refractivity contribution in [3.05, 3.63) is 90.0 Å². The van der Waals surface area contributed by atoms with Crippen LogP contribution in [-0.2, 0) is 25.9 Å². The molecule has 2 heteroatoms. The van der Waals surface area contributed by atoms with E-state index in [9.17, 15) is 0 Å². The topological polar surface area (TPSA) is 8.81 Å². The summed E-state index contributed by atoms with van der Waals surface area (Å²) < 4.78 is 5.00. The van der Waals surface area contributed by atoms with Gasteiger partial charge in [-0.1, -0.05) is 125 Å². The number of hydrogen-bond acceptors (Lipinski definition) is 0. The molecule has 0 bridgehead atoms. The van der Waals surface area contributed by atoms with Crippen LogP contribution in [0.1, 0.15) is 114 Å². The molecular weight excluding hydrogens is 436 g/mol. The number of imidazole rings is 1. The third kappa shape index (κ3) is 9.96. The normalized spacial score (nSPS) is 12.2. The fourth-order valence-corrected chi connectivity index (χ4v) is 5.54. The van der Waals surface area contributed by atoms with Crippen LogP contribution in [0.25, 0.3) is 0 Å². The van der Waals surface area contributed by atoms with Crippen LogP contribution in [0.5, 0.6) is 0 Å².